The minimum Gasteiger partial charge on any atom is -0.496 e. The van der Waals surface area contributed by atoms with E-state index in [1.54, 1.807) is 31.2 Å². The molecule has 3 heterocycles. The summed E-state index contributed by atoms with van der Waals surface area (Å²) in [5.41, 5.74) is 4.23. The highest BCUT2D eigenvalue weighted by Crippen LogP contribution is 2.34. The molecule has 0 aliphatic carbocycles. The summed E-state index contributed by atoms with van der Waals surface area (Å²) in [7, 11) is 1.59. The lowest BCUT2D eigenvalue weighted by Crippen LogP contribution is -2.49. The molecule has 4 rings (SSSR count). The maximum Gasteiger partial charge on any atom is 0.259 e. The number of anilines is 2. The number of hydrogen-bond donors (Lipinski definition) is 2. The molecule has 9 nitrogen and oxygen atoms in total. The second-order valence-electron chi connectivity index (χ2n) is 7.08. The molecule has 162 valence electrons. The molecular weight excluding hydrogens is 466 g/mol. The molecule has 2 N–H and O–H groups in total. The molecular formula is C21H22BrN5O4. The Morgan fingerprint density at radius 1 is 1.26 bits per heavy atom. The van der Waals surface area contributed by atoms with Crippen molar-refractivity contribution < 1.29 is 19.3 Å². The van der Waals surface area contributed by atoms with Crippen LogP contribution in [-0.2, 0) is 0 Å². The fourth-order valence-corrected chi connectivity index (χ4v) is 4.25. The predicted octanol–water partition coefficient (Wildman–Crippen LogP) is 3.58. The van der Waals surface area contributed by atoms with Crippen LogP contribution in [0.25, 0.3) is 11.3 Å². The highest BCUT2D eigenvalue weighted by atomic mass is 79.9. The highest BCUT2D eigenvalue weighted by molar-refractivity contribution is 9.10. The van der Waals surface area contributed by atoms with E-state index in [2.05, 4.69) is 36.5 Å². The number of piperazine rings is 1. The van der Waals surface area contributed by atoms with Crippen molar-refractivity contribution in [2.75, 3.05) is 43.7 Å². The molecule has 31 heavy (non-hydrogen) atoms. The summed E-state index contributed by atoms with van der Waals surface area (Å²) in [5.74, 6) is 1.75. The quantitative estimate of drug-likeness (QED) is 0.526. The zero-order valence-corrected chi connectivity index (χ0v) is 18.7. The molecule has 0 bridgehead atoms. The Bertz CT molecular complexity index is 1100. The monoisotopic (exact) mass is 487 g/mol. The third-order valence-corrected chi connectivity index (χ3v) is 5.84. The summed E-state index contributed by atoms with van der Waals surface area (Å²) in [4.78, 5) is 21.7. The molecule has 10 heteroatoms. The number of halogens is 1. The standard InChI is InChI=1S/C21H22BrN5O4/c1-13-18(19(25-31-13)15-5-3-4-6-17(15)30-2)21(28)27-9-7-26(8-10-27)20-16(22)11-14(24-29)12-23-20/h3-6,11-12,24,29H,7-10H2,1-2H3. The normalized spacial score (nSPS) is 13.9. The summed E-state index contributed by atoms with van der Waals surface area (Å²) in [6.07, 6.45) is 1.55. The molecule has 0 atom stereocenters. The first-order valence-corrected chi connectivity index (χ1v) is 10.5. The molecule has 1 aromatic carbocycles. The van der Waals surface area contributed by atoms with Crippen molar-refractivity contribution >= 4 is 33.3 Å². The number of carbonyl (C=O) groups excluding carboxylic acids is 1. The van der Waals surface area contributed by atoms with Crippen molar-refractivity contribution in [3.05, 3.63) is 52.3 Å². The minimum atomic E-state index is -0.119. The zero-order valence-electron chi connectivity index (χ0n) is 17.1. The summed E-state index contributed by atoms with van der Waals surface area (Å²) < 4.78 is 11.6. The van der Waals surface area contributed by atoms with Gasteiger partial charge in [-0.1, -0.05) is 17.3 Å². The zero-order chi connectivity index (χ0) is 22.0. The Labute approximate surface area is 187 Å². The molecule has 3 aromatic rings. The molecule has 1 amide bonds. The van der Waals surface area contributed by atoms with Gasteiger partial charge < -0.3 is 19.1 Å². The van der Waals surface area contributed by atoms with E-state index in [1.807, 2.05) is 24.3 Å². The van der Waals surface area contributed by atoms with E-state index >= 15 is 0 Å². The Balaban J connectivity index is 1.53. The number of benzene rings is 1. The van der Waals surface area contributed by atoms with Gasteiger partial charge in [0.1, 0.15) is 28.6 Å². The van der Waals surface area contributed by atoms with E-state index in [0.717, 1.165) is 15.9 Å². The molecule has 0 unspecified atom stereocenters. The van der Waals surface area contributed by atoms with Gasteiger partial charge in [-0.25, -0.2) is 4.98 Å². The van der Waals surface area contributed by atoms with Crippen LogP contribution in [-0.4, -0.2) is 59.4 Å². The third-order valence-electron chi connectivity index (χ3n) is 5.26. The van der Waals surface area contributed by atoms with Crippen LogP contribution < -0.4 is 15.1 Å². The first kappa shape index (κ1) is 21.1. The first-order valence-electron chi connectivity index (χ1n) is 9.73. The third kappa shape index (κ3) is 4.08. The summed E-state index contributed by atoms with van der Waals surface area (Å²) in [5, 5.41) is 13.2. The fourth-order valence-electron chi connectivity index (χ4n) is 3.65. The van der Waals surface area contributed by atoms with E-state index in [9.17, 15) is 4.79 Å². The number of nitrogens with zero attached hydrogens (tertiary/aromatic N) is 4. The summed E-state index contributed by atoms with van der Waals surface area (Å²) in [6.45, 7) is 4.05. The fraction of sp³-hybridized carbons (Fsp3) is 0.286. The van der Waals surface area contributed by atoms with Gasteiger partial charge in [0.15, 0.2) is 0 Å². The van der Waals surface area contributed by atoms with Gasteiger partial charge in [0, 0.05) is 31.7 Å². The number of methoxy groups -OCH3 is 1. The second kappa shape index (κ2) is 8.94. The number of hydrogen-bond acceptors (Lipinski definition) is 8. The molecule has 2 aromatic heterocycles. The van der Waals surface area contributed by atoms with E-state index in [4.69, 9.17) is 14.5 Å². The Morgan fingerprint density at radius 2 is 2.00 bits per heavy atom. The van der Waals surface area contributed by atoms with Crippen LogP contribution in [0.2, 0.25) is 0 Å². The van der Waals surface area contributed by atoms with Crippen LogP contribution in [0.5, 0.6) is 5.75 Å². The Morgan fingerprint density at radius 3 is 2.68 bits per heavy atom. The predicted molar refractivity (Wildman–Crippen MR) is 119 cm³/mol. The summed E-state index contributed by atoms with van der Waals surface area (Å²) >= 11 is 3.49. The van der Waals surface area contributed by atoms with Crippen LogP contribution in [0.3, 0.4) is 0 Å². The van der Waals surface area contributed by atoms with Crippen LogP contribution >= 0.6 is 15.9 Å². The smallest absolute Gasteiger partial charge is 0.259 e. The lowest BCUT2D eigenvalue weighted by Gasteiger charge is -2.35. The van der Waals surface area contributed by atoms with Crippen molar-refractivity contribution in [1.82, 2.24) is 15.0 Å². The average Bonchev–Trinajstić information content (AvgIpc) is 3.19. The van der Waals surface area contributed by atoms with E-state index in [0.29, 0.717) is 54.6 Å². The average molecular weight is 488 g/mol. The van der Waals surface area contributed by atoms with Crippen molar-refractivity contribution in [2.24, 2.45) is 0 Å². The molecule has 1 aliphatic heterocycles. The van der Waals surface area contributed by atoms with Crippen LogP contribution in [0.1, 0.15) is 16.1 Å². The summed E-state index contributed by atoms with van der Waals surface area (Å²) in [6, 6.07) is 9.18. The first-order chi connectivity index (χ1) is 15.0. The van der Waals surface area contributed by atoms with Crippen LogP contribution in [0.15, 0.2) is 45.5 Å². The number of para-hydroxylation sites is 1. The molecule has 1 saturated heterocycles. The van der Waals surface area contributed by atoms with Gasteiger partial charge in [-0.3, -0.25) is 15.5 Å². The van der Waals surface area contributed by atoms with Gasteiger partial charge in [-0.2, -0.15) is 0 Å². The SMILES string of the molecule is COc1ccccc1-c1noc(C)c1C(=O)N1CCN(c2ncc(NO)cc2Br)CC1. The maximum absolute atomic E-state index is 13.4. The van der Waals surface area contributed by atoms with Gasteiger partial charge in [-0.05, 0) is 41.1 Å². The van der Waals surface area contributed by atoms with Crippen molar-refractivity contribution in [1.29, 1.82) is 0 Å². The van der Waals surface area contributed by atoms with Crippen molar-refractivity contribution in [3.8, 4) is 17.0 Å². The number of carbonyl (C=O) groups is 1. The van der Waals surface area contributed by atoms with Gasteiger partial charge in [0.25, 0.3) is 5.91 Å². The number of ether oxygens (including phenoxy) is 1. The topological polar surface area (TPSA) is 104 Å². The Hall–Kier alpha value is -3.11. The minimum absolute atomic E-state index is 0.119. The number of amides is 1. The van der Waals surface area contributed by atoms with Crippen LogP contribution in [0.4, 0.5) is 11.5 Å². The van der Waals surface area contributed by atoms with Gasteiger partial charge in [-0.15, -0.1) is 0 Å². The van der Waals surface area contributed by atoms with E-state index in [1.165, 1.54) is 0 Å². The largest absolute Gasteiger partial charge is 0.496 e. The lowest BCUT2D eigenvalue weighted by molar-refractivity contribution is 0.0745. The number of aryl methyl sites for hydroxylation is 1. The molecule has 1 aliphatic rings. The number of rotatable bonds is 5. The van der Waals surface area contributed by atoms with Gasteiger partial charge >= 0.3 is 0 Å². The van der Waals surface area contributed by atoms with Crippen molar-refractivity contribution in [2.45, 2.75) is 6.92 Å². The second-order valence-corrected chi connectivity index (χ2v) is 7.94. The molecule has 0 radical (unpaired) electrons. The lowest BCUT2D eigenvalue weighted by atomic mass is 10.0. The molecule has 1 fully saturated rings. The van der Waals surface area contributed by atoms with E-state index in [-0.39, 0.29) is 5.91 Å². The highest BCUT2D eigenvalue weighted by Gasteiger charge is 2.30. The number of pyridine rings is 1. The van der Waals surface area contributed by atoms with Gasteiger partial charge in [0.05, 0.1) is 23.5 Å². The Kier molecular flexibility index (Phi) is 6.10. The maximum atomic E-state index is 13.4. The molecule has 0 saturated carbocycles. The number of aromatic nitrogens is 2. The number of nitrogens with one attached hydrogen (secondary N) is 1. The van der Waals surface area contributed by atoms with E-state index < -0.39 is 0 Å². The van der Waals surface area contributed by atoms with Gasteiger partial charge in [0.2, 0.25) is 0 Å². The van der Waals surface area contributed by atoms with Crippen molar-refractivity contribution in [3.63, 3.8) is 0 Å². The van der Waals surface area contributed by atoms with Crippen LogP contribution in [0, 0.1) is 6.92 Å². The molecule has 0 spiro atoms.